The molecule has 0 bridgehead atoms. The first kappa shape index (κ1) is 26.5. The van der Waals surface area contributed by atoms with Gasteiger partial charge < -0.3 is 61.0 Å². The van der Waals surface area contributed by atoms with Gasteiger partial charge >= 0.3 is 0 Å². The fourth-order valence-corrected chi connectivity index (χ4v) is 5.76. The molecule has 2 saturated heterocycles. The molecule has 4 aliphatic heterocycles. The molecule has 0 spiro atoms. The van der Waals surface area contributed by atoms with Crippen LogP contribution in [0.1, 0.15) is 12.8 Å². The summed E-state index contributed by atoms with van der Waals surface area (Å²) in [4.78, 5) is 46.5. The van der Waals surface area contributed by atoms with Gasteiger partial charge in [0, 0.05) is 25.9 Å². The Bertz CT molecular complexity index is 1280. The second-order valence-corrected chi connectivity index (χ2v) is 10.2. The number of fused-ring (bicyclic) bond motifs is 2. The van der Waals surface area contributed by atoms with Crippen LogP contribution in [0.4, 0.5) is 34.9 Å². The van der Waals surface area contributed by atoms with Crippen LogP contribution in [0.15, 0.2) is 9.59 Å². The zero-order chi connectivity index (χ0) is 28.3. The fourth-order valence-electron chi connectivity index (χ4n) is 5.76. The predicted octanol–water partition coefficient (Wildman–Crippen LogP) is -4.18. The van der Waals surface area contributed by atoms with Crippen molar-refractivity contribution < 1.29 is 29.9 Å². The summed E-state index contributed by atoms with van der Waals surface area (Å²) in [5, 5.41) is 39.5. The van der Waals surface area contributed by atoms with Gasteiger partial charge in [0.25, 0.3) is 11.1 Å². The van der Waals surface area contributed by atoms with Crippen LogP contribution in [0.5, 0.6) is 0 Å². The maximum atomic E-state index is 13.0. The SMILES string of the molecule is Nc1nc2c(c(=O)[nH]1)N(CCN1CN([C@H]3C[C@H](O)[C@@H](CO)O3)c3nc(N)[nH]c(=O)c31)CN2[C@H]1C[C@H](O)[C@@H](CO)O1. The molecule has 0 unspecified atom stereocenters. The summed E-state index contributed by atoms with van der Waals surface area (Å²) in [7, 11) is 0. The topological polar surface area (TPSA) is 256 Å². The first-order valence-electron chi connectivity index (χ1n) is 12.9. The molecule has 2 aromatic rings. The molecular weight excluding hydrogens is 532 g/mol. The van der Waals surface area contributed by atoms with Gasteiger partial charge in [0.2, 0.25) is 11.9 Å². The van der Waals surface area contributed by atoms with Gasteiger partial charge in [-0.05, 0) is 0 Å². The van der Waals surface area contributed by atoms with Gasteiger partial charge in [-0.15, -0.1) is 0 Å². The van der Waals surface area contributed by atoms with Gasteiger partial charge in [-0.2, -0.15) is 9.97 Å². The van der Waals surface area contributed by atoms with E-state index < -0.39 is 48.0 Å². The second kappa shape index (κ2) is 10.1. The number of hydrogen-bond donors (Lipinski definition) is 8. The fraction of sp³-hybridized carbons (Fsp3) is 0.636. The van der Waals surface area contributed by atoms with E-state index in [-0.39, 0.29) is 87.4 Å². The molecule has 4 aliphatic rings. The lowest BCUT2D eigenvalue weighted by Crippen LogP contribution is -2.44. The van der Waals surface area contributed by atoms with Gasteiger partial charge in [-0.3, -0.25) is 19.6 Å². The van der Waals surface area contributed by atoms with E-state index in [0.717, 1.165) is 0 Å². The van der Waals surface area contributed by atoms with E-state index in [0.29, 0.717) is 0 Å². The Kier molecular flexibility index (Phi) is 6.67. The number of aliphatic hydroxyl groups excluding tert-OH is 4. The molecule has 0 amide bonds. The minimum atomic E-state index is -0.882. The lowest BCUT2D eigenvalue weighted by Gasteiger charge is -2.28. The lowest BCUT2D eigenvalue weighted by molar-refractivity contribution is -0.0221. The Morgan fingerprint density at radius 2 is 1.18 bits per heavy atom. The number of hydrogen-bond acceptors (Lipinski definition) is 16. The zero-order valence-corrected chi connectivity index (χ0v) is 21.4. The Labute approximate surface area is 226 Å². The number of nitrogen functional groups attached to an aromatic ring is 2. The molecule has 10 N–H and O–H groups in total. The molecule has 218 valence electrons. The zero-order valence-electron chi connectivity index (χ0n) is 21.4. The predicted molar refractivity (Wildman–Crippen MR) is 141 cm³/mol. The molecule has 18 nitrogen and oxygen atoms in total. The van der Waals surface area contributed by atoms with Crippen LogP contribution < -0.4 is 42.2 Å². The summed E-state index contributed by atoms with van der Waals surface area (Å²) in [6, 6.07) is 0. The molecule has 2 aromatic heterocycles. The average molecular weight is 565 g/mol. The molecule has 40 heavy (non-hydrogen) atoms. The van der Waals surface area contributed by atoms with E-state index in [9.17, 15) is 30.0 Å². The number of nitrogens with zero attached hydrogens (tertiary/aromatic N) is 6. The number of H-pyrrole nitrogens is 2. The second-order valence-electron chi connectivity index (χ2n) is 10.2. The summed E-state index contributed by atoms with van der Waals surface area (Å²) in [6.45, 7) is 0.183. The highest BCUT2D eigenvalue weighted by atomic mass is 16.5. The van der Waals surface area contributed by atoms with Crippen LogP contribution in [0.25, 0.3) is 0 Å². The van der Waals surface area contributed by atoms with Crippen LogP contribution in [0.2, 0.25) is 0 Å². The van der Waals surface area contributed by atoms with E-state index in [1.807, 2.05) is 0 Å². The van der Waals surface area contributed by atoms with Crippen molar-refractivity contribution in [2.45, 2.75) is 49.7 Å². The number of aromatic nitrogens is 4. The third-order valence-electron chi connectivity index (χ3n) is 7.72. The van der Waals surface area contributed by atoms with Crippen LogP contribution in [0.3, 0.4) is 0 Å². The Morgan fingerprint density at radius 1 is 0.775 bits per heavy atom. The Hall–Kier alpha value is -3.68. The van der Waals surface area contributed by atoms with E-state index in [4.69, 9.17) is 20.9 Å². The number of rotatable bonds is 7. The highest BCUT2D eigenvalue weighted by Gasteiger charge is 2.44. The summed E-state index contributed by atoms with van der Waals surface area (Å²) < 4.78 is 11.6. The summed E-state index contributed by atoms with van der Waals surface area (Å²) in [5.41, 5.74) is 11.2. The maximum absolute atomic E-state index is 13.0. The average Bonchev–Trinajstić information content (AvgIpc) is 3.65. The quantitative estimate of drug-likeness (QED) is 0.159. The third-order valence-corrected chi connectivity index (χ3v) is 7.72. The Balaban J connectivity index is 1.25. The molecule has 0 aliphatic carbocycles. The molecule has 2 fully saturated rings. The van der Waals surface area contributed by atoms with Gasteiger partial charge in [0.05, 0.1) is 38.8 Å². The third kappa shape index (κ3) is 4.38. The smallest absolute Gasteiger partial charge is 0.278 e. The van der Waals surface area contributed by atoms with Crippen molar-refractivity contribution in [3.63, 3.8) is 0 Å². The Morgan fingerprint density at radius 3 is 1.52 bits per heavy atom. The van der Waals surface area contributed by atoms with E-state index >= 15 is 0 Å². The van der Waals surface area contributed by atoms with Crippen LogP contribution in [0, 0.1) is 0 Å². The summed E-state index contributed by atoms with van der Waals surface area (Å²) in [6.07, 6.45) is -4.18. The number of aliphatic hydroxyl groups is 4. The van der Waals surface area contributed by atoms with Gasteiger partial charge in [-0.1, -0.05) is 0 Å². The number of aromatic amines is 2. The van der Waals surface area contributed by atoms with Crippen molar-refractivity contribution >= 4 is 34.9 Å². The summed E-state index contributed by atoms with van der Waals surface area (Å²) in [5.74, 6) is 0.423. The normalized spacial score (nSPS) is 29.5. The van der Waals surface area contributed by atoms with E-state index in [1.54, 1.807) is 19.6 Å². The first-order valence-corrected chi connectivity index (χ1v) is 12.9. The minimum absolute atomic E-state index is 0.0768. The number of nitrogens with one attached hydrogen (secondary N) is 2. The van der Waals surface area contributed by atoms with Gasteiger partial charge in [-0.25, -0.2) is 0 Å². The van der Waals surface area contributed by atoms with Gasteiger partial charge in [0.15, 0.2) is 11.6 Å². The number of anilines is 6. The standard InChI is InChI=1S/C22H32N10O8/c23-21-25-17-15(19(37)27-21)29(7-31(17)13-3-9(35)11(5-33)39-13)1-2-30-8-32(14-4-10(36)12(6-34)40-14)18-16(30)20(38)28-22(24)26-18/h9-14,33-36H,1-8H2,(H3,23,25,27,37)(H3,24,26,28,38)/t9-,10-,11+,12+,13+,14+/m0/s1. The van der Waals surface area contributed by atoms with E-state index in [2.05, 4.69) is 19.9 Å². The number of nitrogens with two attached hydrogens (primary N) is 2. The van der Waals surface area contributed by atoms with E-state index in [1.165, 1.54) is 0 Å². The van der Waals surface area contributed by atoms with Crippen LogP contribution >= 0.6 is 0 Å². The molecular formula is C22H32N10O8. The molecule has 18 heteroatoms. The van der Waals surface area contributed by atoms with Crippen LogP contribution in [-0.4, -0.2) is 117 Å². The van der Waals surface area contributed by atoms with Gasteiger partial charge in [0.1, 0.15) is 36.0 Å². The molecule has 0 radical (unpaired) electrons. The lowest BCUT2D eigenvalue weighted by atomic mass is 10.2. The molecule has 6 rings (SSSR count). The van der Waals surface area contributed by atoms with Crippen molar-refractivity contribution in [2.24, 2.45) is 0 Å². The summed E-state index contributed by atoms with van der Waals surface area (Å²) >= 11 is 0. The largest absolute Gasteiger partial charge is 0.394 e. The maximum Gasteiger partial charge on any atom is 0.278 e. The minimum Gasteiger partial charge on any atom is -0.394 e. The van der Waals surface area contributed by atoms with Crippen LogP contribution in [-0.2, 0) is 9.47 Å². The van der Waals surface area contributed by atoms with Crippen molar-refractivity contribution in [1.29, 1.82) is 0 Å². The number of ether oxygens (including phenoxy) is 2. The molecule has 0 saturated carbocycles. The highest BCUT2D eigenvalue weighted by molar-refractivity contribution is 5.75. The van der Waals surface area contributed by atoms with Crippen molar-refractivity contribution in [3.8, 4) is 0 Å². The molecule has 6 atom stereocenters. The van der Waals surface area contributed by atoms with Crippen molar-refractivity contribution in [3.05, 3.63) is 20.7 Å². The van der Waals surface area contributed by atoms with Crippen molar-refractivity contribution in [2.75, 3.05) is 70.7 Å². The molecule has 6 heterocycles. The first-order chi connectivity index (χ1) is 19.2. The molecule has 0 aromatic carbocycles. The highest BCUT2D eigenvalue weighted by Crippen LogP contribution is 2.39. The monoisotopic (exact) mass is 564 g/mol. The van der Waals surface area contributed by atoms with Crippen molar-refractivity contribution in [1.82, 2.24) is 19.9 Å².